The Bertz CT molecular complexity index is 641. The molecule has 0 aliphatic carbocycles. The van der Waals surface area contributed by atoms with Crippen LogP contribution in [0.25, 0.3) is 0 Å². The number of aryl methyl sites for hydroxylation is 1. The van der Waals surface area contributed by atoms with E-state index in [-0.39, 0.29) is 24.4 Å². The first-order valence-electron chi connectivity index (χ1n) is 7.01. The molecule has 2 heterocycles. The van der Waals surface area contributed by atoms with E-state index in [2.05, 4.69) is 10.6 Å². The first kappa shape index (κ1) is 13.6. The Hall–Kier alpha value is -2.37. The third-order valence-corrected chi connectivity index (χ3v) is 4.05. The Balaban J connectivity index is 1.97. The van der Waals surface area contributed by atoms with Crippen molar-refractivity contribution in [2.75, 3.05) is 5.32 Å². The molecule has 0 bridgehead atoms. The second-order valence-corrected chi connectivity index (χ2v) is 5.50. The van der Waals surface area contributed by atoms with Crippen LogP contribution in [0.5, 0.6) is 0 Å². The van der Waals surface area contributed by atoms with E-state index in [1.807, 2.05) is 32.0 Å². The molecule has 2 aliphatic rings. The number of amides is 3. The normalized spacial score (nSPS) is 25.2. The van der Waals surface area contributed by atoms with E-state index in [1.54, 1.807) is 0 Å². The van der Waals surface area contributed by atoms with Gasteiger partial charge in [-0.2, -0.15) is 0 Å². The first-order valence-corrected chi connectivity index (χ1v) is 7.01. The number of imide groups is 1. The van der Waals surface area contributed by atoms with Crippen LogP contribution in [-0.4, -0.2) is 34.8 Å². The molecule has 1 fully saturated rings. The highest BCUT2D eigenvalue weighted by atomic mass is 16.2. The number of hydrogen-bond acceptors (Lipinski definition) is 4. The highest BCUT2D eigenvalue weighted by Gasteiger charge is 2.40. The van der Waals surface area contributed by atoms with Crippen molar-refractivity contribution < 1.29 is 14.4 Å². The number of rotatable bonds is 1. The Morgan fingerprint density at radius 1 is 1.24 bits per heavy atom. The Morgan fingerprint density at radius 3 is 2.71 bits per heavy atom. The fourth-order valence-electron chi connectivity index (χ4n) is 3.03. The standard InChI is InChI=1S/C15H17N3O3/c1-8-4-3-5-10-13(8)15(21)18(9(2)16-10)11-6-7-12(19)17-14(11)20/h3-5,9,11,16H,6-7H2,1-2H3,(H,17,19,20)/t9?,11-/m0/s1. The van der Waals surface area contributed by atoms with Gasteiger partial charge >= 0.3 is 0 Å². The van der Waals surface area contributed by atoms with Crippen molar-refractivity contribution >= 4 is 23.4 Å². The molecule has 2 aliphatic heterocycles. The maximum atomic E-state index is 12.8. The highest BCUT2D eigenvalue weighted by Crippen LogP contribution is 2.30. The molecule has 0 radical (unpaired) electrons. The number of hydrogen-bond donors (Lipinski definition) is 2. The summed E-state index contributed by atoms with van der Waals surface area (Å²) in [5, 5.41) is 5.56. The van der Waals surface area contributed by atoms with Crippen LogP contribution in [0, 0.1) is 6.92 Å². The van der Waals surface area contributed by atoms with Gasteiger partial charge in [0.15, 0.2) is 0 Å². The lowest BCUT2D eigenvalue weighted by Gasteiger charge is -2.41. The summed E-state index contributed by atoms with van der Waals surface area (Å²) in [5.41, 5.74) is 2.26. The lowest BCUT2D eigenvalue weighted by molar-refractivity contribution is -0.137. The van der Waals surface area contributed by atoms with Crippen LogP contribution < -0.4 is 10.6 Å². The van der Waals surface area contributed by atoms with Crippen molar-refractivity contribution in [2.24, 2.45) is 0 Å². The predicted octanol–water partition coefficient (Wildman–Crippen LogP) is 1.01. The topological polar surface area (TPSA) is 78.5 Å². The Labute approximate surface area is 122 Å². The molecule has 6 nitrogen and oxygen atoms in total. The van der Waals surface area contributed by atoms with Crippen LogP contribution in [0.1, 0.15) is 35.7 Å². The van der Waals surface area contributed by atoms with E-state index in [4.69, 9.17) is 0 Å². The van der Waals surface area contributed by atoms with Crippen molar-refractivity contribution in [3.05, 3.63) is 29.3 Å². The summed E-state index contributed by atoms with van der Waals surface area (Å²) in [6, 6.07) is 5.02. The molecule has 21 heavy (non-hydrogen) atoms. The summed E-state index contributed by atoms with van der Waals surface area (Å²) in [4.78, 5) is 37.6. The summed E-state index contributed by atoms with van der Waals surface area (Å²) in [7, 11) is 0. The number of benzene rings is 1. The fraction of sp³-hybridized carbons (Fsp3) is 0.400. The lowest BCUT2D eigenvalue weighted by Crippen LogP contribution is -2.60. The van der Waals surface area contributed by atoms with E-state index in [0.717, 1.165) is 11.3 Å². The summed E-state index contributed by atoms with van der Waals surface area (Å²) in [6.45, 7) is 3.71. The van der Waals surface area contributed by atoms with Gasteiger partial charge in [0.2, 0.25) is 11.8 Å². The fourth-order valence-corrected chi connectivity index (χ4v) is 3.03. The van der Waals surface area contributed by atoms with Crippen molar-refractivity contribution in [1.82, 2.24) is 10.2 Å². The minimum absolute atomic E-state index is 0.163. The second kappa shape index (κ2) is 4.87. The van der Waals surface area contributed by atoms with E-state index < -0.39 is 11.9 Å². The maximum absolute atomic E-state index is 12.8. The number of anilines is 1. The third kappa shape index (κ3) is 2.16. The second-order valence-electron chi connectivity index (χ2n) is 5.50. The van der Waals surface area contributed by atoms with Gasteiger partial charge < -0.3 is 10.2 Å². The molecule has 0 saturated carbocycles. The molecule has 1 aromatic carbocycles. The quantitative estimate of drug-likeness (QED) is 0.756. The van der Waals surface area contributed by atoms with Gasteiger partial charge in [-0.15, -0.1) is 0 Å². The zero-order valence-corrected chi connectivity index (χ0v) is 12.0. The molecule has 6 heteroatoms. The molecule has 2 N–H and O–H groups in total. The molecule has 110 valence electrons. The van der Waals surface area contributed by atoms with Crippen LogP contribution in [-0.2, 0) is 9.59 Å². The van der Waals surface area contributed by atoms with Crippen LogP contribution in [0.15, 0.2) is 18.2 Å². The minimum Gasteiger partial charge on any atom is -0.365 e. The monoisotopic (exact) mass is 287 g/mol. The molecular weight excluding hydrogens is 270 g/mol. The molecule has 0 aromatic heterocycles. The highest BCUT2D eigenvalue weighted by molar-refractivity contribution is 6.07. The van der Waals surface area contributed by atoms with Crippen LogP contribution in [0.2, 0.25) is 0 Å². The number of fused-ring (bicyclic) bond motifs is 1. The van der Waals surface area contributed by atoms with E-state index in [0.29, 0.717) is 12.0 Å². The first-order chi connectivity index (χ1) is 9.99. The van der Waals surface area contributed by atoms with Gasteiger partial charge in [0.05, 0.1) is 11.7 Å². The molecule has 2 atom stereocenters. The zero-order valence-electron chi connectivity index (χ0n) is 12.0. The average Bonchev–Trinajstić information content (AvgIpc) is 2.40. The minimum atomic E-state index is -0.606. The number of nitrogens with zero attached hydrogens (tertiary/aromatic N) is 1. The molecule has 1 unspecified atom stereocenters. The van der Waals surface area contributed by atoms with Gasteiger partial charge in [-0.25, -0.2) is 0 Å². The summed E-state index contributed by atoms with van der Waals surface area (Å²) < 4.78 is 0. The molecule has 0 spiro atoms. The van der Waals surface area contributed by atoms with Crippen molar-refractivity contribution in [3.63, 3.8) is 0 Å². The predicted molar refractivity (Wildman–Crippen MR) is 76.6 cm³/mol. The smallest absolute Gasteiger partial charge is 0.258 e. The Morgan fingerprint density at radius 2 is 2.00 bits per heavy atom. The van der Waals surface area contributed by atoms with Crippen molar-refractivity contribution in [1.29, 1.82) is 0 Å². The summed E-state index contributed by atoms with van der Waals surface area (Å²) in [6.07, 6.45) is 0.327. The summed E-state index contributed by atoms with van der Waals surface area (Å²) >= 11 is 0. The molecule has 1 aromatic rings. The average molecular weight is 287 g/mol. The van der Waals surface area contributed by atoms with Gasteiger partial charge in [0, 0.05) is 12.1 Å². The molecular formula is C15H17N3O3. The van der Waals surface area contributed by atoms with Gasteiger partial charge in [0.1, 0.15) is 6.04 Å². The van der Waals surface area contributed by atoms with E-state index in [9.17, 15) is 14.4 Å². The van der Waals surface area contributed by atoms with Crippen molar-refractivity contribution in [2.45, 2.75) is 38.9 Å². The van der Waals surface area contributed by atoms with Crippen LogP contribution >= 0.6 is 0 Å². The zero-order chi connectivity index (χ0) is 15.1. The number of carbonyl (C=O) groups excluding carboxylic acids is 3. The van der Waals surface area contributed by atoms with Crippen LogP contribution in [0.4, 0.5) is 5.69 Å². The molecule has 3 amide bonds. The SMILES string of the molecule is Cc1cccc2c1C(=O)N([C@H]1CCC(=O)NC1=O)C(C)N2. The molecule has 3 rings (SSSR count). The van der Waals surface area contributed by atoms with Gasteiger partial charge in [-0.05, 0) is 31.9 Å². The van der Waals surface area contributed by atoms with Crippen molar-refractivity contribution in [3.8, 4) is 0 Å². The van der Waals surface area contributed by atoms with Gasteiger partial charge in [-0.3, -0.25) is 19.7 Å². The third-order valence-electron chi connectivity index (χ3n) is 4.05. The summed E-state index contributed by atoms with van der Waals surface area (Å²) in [5.74, 6) is -0.841. The number of piperidine rings is 1. The lowest BCUT2D eigenvalue weighted by atomic mass is 9.97. The molecule has 1 saturated heterocycles. The maximum Gasteiger partial charge on any atom is 0.258 e. The van der Waals surface area contributed by atoms with E-state index >= 15 is 0 Å². The Kier molecular flexibility index (Phi) is 3.16. The van der Waals surface area contributed by atoms with Gasteiger partial charge in [-0.1, -0.05) is 12.1 Å². The number of nitrogens with one attached hydrogen (secondary N) is 2. The number of carbonyl (C=O) groups is 3. The van der Waals surface area contributed by atoms with E-state index in [1.165, 1.54) is 4.90 Å². The largest absolute Gasteiger partial charge is 0.365 e. The van der Waals surface area contributed by atoms with Gasteiger partial charge in [0.25, 0.3) is 5.91 Å². The van der Waals surface area contributed by atoms with Crippen LogP contribution in [0.3, 0.4) is 0 Å².